The Hall–Kier alpha value is -3.35. The monoisotopic (exact) mass is 355 g/mol. The summed E-state index contributed by atoms with van der Waals surface area (Å²) in [4.78, 5) is 38.4. The molecular weight excluding hydrogens is 338 g/mol. The molecule has 1 aliphatic heterocycles. The van der Waals surface area contributed by atoms with Crippen LogP contribution in [-0.2, 0) is 11.3 Å². The molecule has 0 saturated carbocycles. The van der Waals surface area contributed by atoms with Crippen molar-refractivity contribution in [2.24, 2.45) is 0 Å². The highest BCUT2D eigenvalue weighted by Gasteiger charge is 2.36. The molecule has 0 spiro atoms. The average molecular weight is 355 g/mol. The molecule has 0 aliphatic carbocycles. The zero-order chi connectivity index (χ0) is 18.8. The van der Waals surface area contributed by atoms with E-state index in [9.17, 15) is 14.4 Å². The minimum absolute atomic E-state index is 0.0862. The van der Waals surface area contributed by atoms with Gasteiger partial charge in [-0.3, -0.25) is 14.5 Å². The van der Waals surface area contributed by atoms with E-state index in [4.69, 9.17) is 14.2 Å². The fourth-order valence-corrected chi connectivity index (χ4v) is 2.90. The number of fused-ring (bicyclic) bond motifs is 1. The average Bonchev–Trinajstić information content (AvgIpc) is 2.92. The van der Waals surface area contributed by atoms with Crippen LogP contribution < -0.4 is 9.47 Å². The van der Waals surface area contributed by atoms with Gasteiger partial charge in [0.25, 0.3) is 11.8 Å². The summed E-state index contributed by atoms with van der Waals surface area (Å²) in [5.41, 5.74) is 1.31. The van der Waals surface area contributed by atoms with E-state index in [2.05, 4.69) is 0 Å². The van der Waals surface area contributed by atoms with Crippen molar-refractivity contribution in [1.29, 1.82) is 0 Å². The maximum atomic E-state index is 12.6. The van der Waals surface area contributed by atoms with E-state index < -0.39 is 17.8 Å². The highest BCUT2D eigenvalue weighted by Crippen LogP contribution is 2.33. The van der Waals surface area contributed by atoms with Crippen molar-refractivity contribution in [2.45, 2.75) is 6.54 Å². The van der Waals surface area contributed by atoms with Gasteiger partial charge in [-0.1, -0.05) is 12.1 Å². The molecule has 3 rings (SSSR count). The van der Waals surface area contributed by atoms with Crippen LogP contribution in [0.1, 0.15) is 36.6 Å². The zero-order valence-electron chi connectivity index (χ0n) is 14.6. The highest BCUT2D eigenvalue weighted by atomic mass is 16.5. The van der Waals surface area contributed by atoms with Crippen molar-refractivity contribution in [3.8, 4) is 11.5 Å². The van der Waals surface area contributed by atoms with E-state index in [1.807, 2.05) is 0 Å². The third-order valence-electron chi connectivity index (χ3n) is 4.22. The molecule has 2 aromatic carbocycles. The topological polar surface area (TPSA) is 82.1 Å². The van der Waals surface area contributed by atoms with Gasteiger partial charge in [0.2, 0.25) is 0 Å². The SMILES string of the molecule is COC(=O)c1cc(OC)c(OC)cc1CN1C(=O)c2ccccc2C1=O. The number of hydrogen-bond donors (Lipinski definition) is 0. The van der Waals surface area contributed by atoms with Gasteiger partial charge < -0.3 is 14.2 Å². The Morgan fingerprint density at radius 1 is 0.923 bits per heavy atom. The van der Waals surface area contributed by atoms with Gasteiger partial charge in [0.15, 0.2) is 11.5 Å². The quantitative estimate of drug-likeness (QED) is 0.605. The summed E-state index contributed by atoms with van der Waals surface area (Å²) in [5, 5.41) is 0. The highest BCUT2D eigenvalue weighted by molar-refractivity contribution is 6.21. The van der Waals surface area contributed by atoms with Crippen LogP contribution in [0.2, 0.25) is 0 Å². The van der Waals surface area contributed by atoms with E-state index in [0.717, 1.165) is 4.90 Å². The van der Waals surface area contributed by atoms with E-state index in [1.165, 1.54) is 27.4 Å². The molecule has 0 N–H and O–H groups in total. The smallest absolute Gasteiger partial charge is 0.338 e. The van der Waals surface area contributed by atoms with Gasteiger partial charge in [-0.25, -0.2) is 4.79 Å². The molecule has 26 heavy (non-hydrogen) atoms. The number of imide groups is 1. The first-order chi connectivity index (χ1) is 12.5. The third kappa shape index (κ3) is 2.77. The number of carbonyl (C=O) groups excluding carboxylic acids is 3. The second kappa shape index (κ2) is 6.87. The van der Waals surface area contributed by atoms with Crippen LogP contribution in [0, 0.1) is 0 Å². The predicted octanol–water partition coefficient (Wildman–Crippen LogP) is 2.29. The van der Waals surface area contributed by atoms with Crippen molar-refractivity contribution in [3.63, 3.8) is 0 Å². The fourth-order valence-electron chi connectivity index (χ4n) is 2.90. The Morgan fingerprint density at radius 3 is 1.96 bits per heavy atom. The van der Waals surface area contributed by atoms with Crippen LogP contribution in [0.4, 0.5) is 0 Å². The first-order valence-corrected chi connectivity index (χ1v) is 7.80. The second-order valence-electron chi connectivity index (χ2n) is 5.60. The molecule has 0 radical (unpaired) electrons. The molecule has 1 aliphatic rings. The molecule has 0 saturated heterocycles. The molecule has 1 heterocycles. The Balaban J connectivity index is 2.03. The van der Waals surface area contributed by atoms with Crippen molar-refractivity contribution in [2.75, 3.05) is 21.3 Å². The van der Waals surface area contributed by atoms with Gasteiger partial charge >= 0.3 is 5.97 Å². The van der Waals surface area contributed by atoms with Gasteiger partial charge in [-0.15, -0.1) is 0 Å². The summed E-state index contributed by atoms with van der Waals surface area (Å²) in [7, 11) is 4.16. The molecule has 0 atom stereocenters. The summed E-state index contributed by atoms with van der Waals surface area (Å²) in [5.74, 6) is -0.685. The standard InChI is InChI=1S/C19H17NO6/c1-24-15-8-11(14(19(23)26-3)9-16(15)25-2)10-20-17(21)12-6-4-5-7-13(12)18(20)22/h4-9H,10H2,1-3H3. The molecule has 0 unspecified atom stereocenters. The Morgan fingerprint density at radius 2 is 1.46 bits per heavy atom. The van der Waals surface area contributed by atoms with Crippen LogP contribution in [0.25, 0.3) is 0 Å². The first kappa shape index (κ1) is 17.5. The minimum atomic E-state index is -0.599. The summed E-state index contributed by atoms with van der Waals surface area (Å²) in [6.07, 6.45) is 0. The van der Waals surface area contributed by atoms with E-state index in [-0.39, 0.29) is 12.1 Å². The molecule has 2 aromatic rings. The number of nitrogens with zero attached hydrogens (tertiary/aromatic N) is 1. The Bertz CT molecular complexity index is 870. The summed E-state index contributed by atoms with van der Waals surface area (Å²) < 4.78 is 15.3. The van der Waals surface area contributed by atoms with E-state index >= 15 is 0 Å². The molecule has 134 valence electrons. The largest absolute Gasteiger partial charge is 0.493 e. The van der Waals surface area contributed by atoms with Crippen LogP contribution in [0.3, 0.4) is 0 Å². The number of ether oxygens (including phenoxy) is 3. The lowest BCUT2D eigenvalue weighted by Gasteiger charge is -2.18. The molecule has 0 fully saturated rings. The van der Waals surface area contributed by atoms with Crippen LogP contribution in [0.5, 0.6) is 11.5 Å². The zero-order valence-corrected chi connectivity index (χ0v) is 14.6. The van der Waals surface area contributed by atoms with Crippen LogP contribution in [0.15, 0.2) is 36.4 Å². The number of esters is 1. The second-order valence-corrected chi connectivity index (χ2v) is 5.60. The molecule has 0 bridgehead atoms. The fraction of sp³-hybridized carbons (Fsp3) is 0.211. The maximum absolute atomic E-state index is 12.6. The summed E-state index contributed by atoms with van der Waals surface area (Å²) in [6, 6.07) is 9.64. The lowest BCUT2D eigenvalue weighted by molar-refractivity contribution is 0.0582. The number of rotatable bonds is 5. The normalized spacial score (nSPS) is 12.8. The summed E-state index contributed by atoms with van der Waals surface area (Å²) >= 11 is 0. The lowest BCUT2D eigenvalue weighted by Crippen LogP contribution is -2.30. The van der Waals surface area contributed by atoms with Crippen molar-refractivity contribution >= 4 is 17.8 Å². The molecule has 7 nitrogen and oxygen atoms in total. The van der Waals surface area contributed by atoms with Gasteiger partial charge in [-0.2, -0.15) is 0 Å². The summed E-state index contributed by atoms with van der Waals surface area (Å²) in [6.45, 7) is -0.0862. The lowest BCUT2D eigenvalue weighted by atomic mass is 10.1. The van der Waals surface area contributed by atoms with Crippen molar-refractivity contribution in [3.05, 3.63) is 58.7 Å². The van der Waals surface area contributed by atoms with Crippen molar-refractivity contribution in [1.82, 2.24) is 4.90 Å². The van der Waals surface area contributed by atoms with Crippen LogP contribution in [-0.4, -0.2) is 44.0 Å². The van der Waals surface area contributed by atoms with E-state index in [1.54, 1.807) is 30.3 Å². The maximum Gasteiger partial charge on any atom is 0.338 e. The first-order valence-electron chi connectivity index (χ1n) is 7.80. The number of benzene rings is 2. The Kier molecular flexibility index (Phi) is 4.62. The van der Waals surface area contributed by atoms with Crippen molar-refractivity contribution < 1.29 is 28.6 Å². The molecule has 0 aromatic heterocycles. The third-order valence-corrected chi connectivity index (χ3v) is 4.22. The number of carbonyl (C=O) groups is 3. The van der Waals surface area contributed by atoms with Gasteiger partial charge in [0, 0.05) is 0 Å². The van der Waals surface area contributed by atoms with Gasteiger partial charge in [-0.05, 0) is 29.8 Å². The van der Waals surface area contributed by atoms with Crippen LogP contribution >= 0.6 is 0 Å². The van der Waals surface area contributed by atoms with Gasteiger partial charge in [0.05, 0.1) is 44.6 Å². The molecule has 2 amide bonds. The minimum Gasteiger partial charge on any atom is -0.493 e. The predicted molar refractivity (Wildman–Crippen MR) is 91.5 cm³/mol. The number of hydrogen-bond acceptors (Lipinski definition) is 6. The van der Waals surface area contributed by atoms with Gasteiger partial charge in [0.1, 0.15) is 0 Å². The number of methoxy groups -OCH3 is 3. The number of amides is 2. The molecule has 7 heteroatoms. The molecular formula is C19H17NO6. The Labute approximate surface area is 150 Å². The van der Waals surface area contributed by atoms with E-state index in [0.29, 0.717) is 28.2 Å².